The van der Waals surface area contributed by atoms with Crippen LogP contribution >= 0.6 is 0 Å². The van der Waals surface area contributed by atoms with Gasteiger partial charge in [-0.2, -0.15) is 0 Å². The van der Waals surface area contributed by atoms with Gasteiger partial charge < -0.3 is 25.1 Å². The molecular weight excluding hydrogens is 342 g/mol. The molecule has 2 aromatic carbocycles. The van der Waals surface area contributed by atoms with E-state index in [2.05, 4.69) is 33.8 Å². The predicted molar refractivity (Wildman–Crippen MR) is 106 cm³/mol. The maximum absolute atomic E-state index is 12.4. The molecule has 0 saturated heterocycles. The van der Waals surface area contributed by atoms with Crippen LogP contribution in [0.3, 0.4) is 0 Å². The van der Waals surface area contributed by atoms with Crippen molar-refractivity contribution in [1.82, 2.24) is 10.3 Å². The molecule has 6 heteroatoms. The topological polar surface area (TPSA) is 75.4 Å². The van der Waals surface area contributed by atoms with Gasteiger partial charge in [0.2, 0.25) is 0 Å². The van der Waals surface area contributed by atoms with E-state index in [0.717, 1.165) is 24.8 Å². The monoisotopic (exact) mass is 365 g/mol. The van der Waals surface area contributed by atoms with Crippen LogP contribution in [0.25, 0.3) is 10.9 Å². The van der Waals surface area contributed by atoms with Crippen LogP contribution in [0.15, 0.2) is 42.5 Å². The first-order valence-corrected chi connectivity index (χ1v) is 9.06. The Morgan fingerprint density at radius 1 is 1.11 bits per heavy atom. The molecule has 0 saturated carbocycles. The molecule has 1 heterocycles. The molecule has 140 valence electrons. The van der Waals surface area contributed by atoms with Crippen LogP contribution in [0.4, 0.5) is 10.5 Å². The lowest BCUT2D eigenvalue weighted by atomic mass is 9.92. The molecule has 6 nitrogen and oxygen atoms in total. The number of urea groups is 1. The van der Waals surface area contributed by atoms with Gasteiger partial charge in [0.05, 0.1) is 14.2 Å². The number of H-pyrrole nitrogens is 1. The summed E-state index contributed by atoms with van der Waals surface area (Å²) in [6, 6.07) is 13.5. The molecule has 0 radical (unpaired) electrons. The van der Waals surface area contributed by atoms with Gasteiger partial charge in [-0.25, -0.2) is 4.79 Å². The standard InChI is InChI=1S/C21H23N3O3/c1-26-19-10-8-14(12-20(19)27-2)23-21(25)22-13-7-9-16-15-5-3-4-6-17(15)24-18(16)11-13/h3-6,8,10,12-13,24H,7,9,11H2,1-2H3,(H2,22,23,25). The summed E-state index contributed by atoms with van der Waals surface area (Å²) in [6.45, 7) is 0. The van der Waals surface area contributed by atoms with Crippen molar-refractivity contribution < 1.29 is 14.3 Å². The molecule has 3 aromatic rings. The Balaban J connectivity index is 1.42. The summed E-state index contributed by atoms with van der Waals surface area (Å²) in [7, 11) is 3.15. The maximum Gasteiger partial charge on any atom is 0.319 e. The van der Waals surface area contributed by atoms with E-state index >= 15 is 0 Å². The summed E-state index contributed by atoms with van der Waals surface area (Å²) in [5.74, 6) is 1.21. The summed E-state index contributed by atoms with van der Waals surface area (Å²) in [5, 5.41) is 7.24. The first-order valence-electron chi connectivity index (χ1n) is 9.06. The lowest BCUT2D eigenvalue weighted by Gasteiger charge is -2.23. The van der Waals surface area contributed by atoms with Gasteiger partial charge in [0.15, 0.2) is 11.5 Å². The van der Waals surface area contributed by atoms with Crippen LogP contribution in [-0.4, -0.2) is 31.3 Å². The fourth-order valence-corrected chi connectivity index (χ4v) is 3.77. The highest BCUT2D eigenvalue weighted by Crippen LogP contribution is 2.30. The lowest BCUT2D eigenvalue weighted by molar-refractivity contribution is 0.247. The number of carbonyl (C=O) groups is 1. The summed E-state index contributed by atoms with van der Waals surface area (Å²) in [5.41, 5.74) is 4.42. The number of ether oxygens (including phenoxy) is 2. The molecule has 1 aromatic heterocycles. The second kappa shape index (κ2) is 7.23. The number of amides is 2. The summed E-state index contributed by atoms with van der Waals surface area (Å²) in [4.78, 5) is 15.9. The fourth-order valence-electron chi connectivity index (χ4n) is 3.77. The largest absolute Gasteiger partial charge is 0.493 e. The van der Waals surface area contributed by atoms with Crippen molar-refractivity contribution in [2.24, 2.45) is 0 Å². The smallest absolute Gasteiger partial charge is 0.319 e. The zero-order chi connectivity index (χ0) is 18.8. The minimum atomic E-state index is -0.216. The number of fused-ring (bicyclic) bond motifs is 3. The Hall–Kier alpha value is -3.15. The van der Waals surface area contributed by atoms with Crippen molar-refractivity contribution in [2.75, 3.05) is 19.5 Å². The van der Waals surface area contributed by atoms with E-state index in [1.165, 1.54) is 16.6 Å². The summed E-state index contributed by atoms with van der Waals surface area (Å²) < 4.78 is 10.5. The number of hydrogen-bond donors (Lipinski definition) is 3. The van der Waals surface area contributed by atoms with Gasteiger partial charge >= 0.3 is 6.03 Å². The van der Waals surface area contributed by atoms with Crippen LogP contribution in [0.1, 0.15) is 17.7 Å². The van der Waals surface area contributed by atoms with Gasteiger partial charge in [-0.05, 0) is 36.6 Å². The van der Waals surface area contributed by atoms with Crippen molar-refractivity contribution in [1.29, 1.82) is 0 Å². The zero-order valence-corrected chi connectivity index (χ0v) is 15.5. The van der Waals surface area contributed by atoms with Crippen LogP contribution in [-0.2, 0) is 12.8 Å². The second-order valence-corrected chi connectivity index (χ2v) is 6.74. The highest BCUT2D eigenvalue weighted by Gasteiger charge is 2.23. The Morgan fingerprint density at radius 3 is 2.74 bits per heavy atom. The van der Waals surface area contributed by atoms with Gasteiger partial charge in [0.1, 0.15) is 0 Å². The van der Waals surface area contributed by atoms with E-state index in [-0.39, 0.29) is 12.1 Å². The number of benzene rings is 2. The zero-order valence-electron chi connectivity index (χ0n) is 15.5. The number of methoxy groups -OCH3 is 2. The molecule has 0 fully saturated rings. The molecule has 4 rings (SSSR count). The normalized spacial score (nSPS) is 15.9. The molecule has 1 aliphatic rings. The minimum Gasteiger partial charge on any atom is -0.493 e. The Morgan fingerprint density at radius 2 is 1.93 bits per heavy atom. The first kappa shape index (κ1) is 17.3. The molecule has 0 aliphatic heterocycles. The SMILES string of the molecule is COc1ccc(NC(=O)NC2CCc3c([nH]c4ccccc34)C2)cc1OC. The number of aromatic nitrogens is 1. The van der Waals surface area contributed by atoms with Gasteiger partial charge in [0.25, 0.3) is 0 Å². The van der Waals surface area contributed by atoms with E-state index in [9.17, 15) is 4.79 Å². The molecule has 0 spiro atoms. The number of aromatic amines is 1. The van der Waals surface area contributed by atoms with Crippen LogP contribution in [0.5, 0.6) is 11.5 Å². The summed E-state index contributed by atoms with van der Waals surface area (Å²) in [6.07, 6.45) is 2.69. The van der Waals surface area contributed by atoms with E-state index in [1.807, 2.05) is 6.07 Å². The van der Waals surface area contributed by atoms with E-state index in [4.69, 9.17) is 9.47 Å². The fraction of sp³-hybridized carbons (Fsp3) is 0.286. The van der Waals surface area contributed by atoms with E-state index in [1.54, 1.807) is 32.4 Å². The van der Waals surface area contributed by atoms with E-state index < -0.39 is 0 Å². The Labute approximate surface area is 157 Å². The lowest BCUT2D eigenvalue weighted by Crippen LogP contribution is -2.41. The Kier molecular flexibility index (Phi) is 4.62. The molecule has 0 bridgehead atoms. The summed E-state index contributed by atoms with van der Waals surface area (Å²) >= 11 is 0. The average molecular weight is 365 g/mol. The number of rotatable bonds is 4. The molecule has 1 aliphatic carbocycles. The number of nitrogens with one attached hydrogen (secondary N) is 3. The van der Waals surface area contributed by atoms with Crippen LogP contribution < -0.4 is 20.1 Å². The second-order valence-electron chi connectivity index (χ2n) is 6.74. The Bertz CT molecular complexity index is 980. The van der Waals surface area contributed by atoms with Gasteiger partial charge in [-0.3, -0.25) is 0 Å². The third-order valence-electron chi connectivity index (χ3n) is 5.07. The van der Waals surface area contributed by atoms with Gasteiger partial charge in [-0.1, -0.05) is 18.2 Å². The highest BCUT2D eigenvalue weighted by molar-refractivity contribution is 5.90. The van der Waals surface area contributed by atoms with E-state index in [0.29, 0.717) is 17.2 Å². The third kappa shape index (κ3) is 3.43. The van der Waals surface area contributed by atoms with Crippen LogP contribution in [0.2, 0.25) is 0 Å². The molecule has 27 heavy (non-hydrogen) atoms. The van der Waals surface area contributed by atoms with Crippen molar-refractivity contribution >= 4 is 22.6 Å². The predicted octanol–water partition coefficient (Wildman–Crippen LogP) is 3.86. The van der Waals surface area contributed by atoms with Crippen molar-refractivity contribution in [3.05, 3.63) is 53.7 Å². The van der Waals surface area contributed by atoms with Crippen molar-refractivity contribution in [3.8, 4) is 11.5 Å². The van der Waals surface area contributed by atoms with Gasteiger partial charge in [-0.15, -0.1) is 0 Å². The van der Waals surface area contributed by atoms with Crippen molar-refractivity contribution in [2.45, 2.75) is 25.3 Å². The molecule has 2 amide bonds. The average Bonchev–Trinajstić information content (AvgIpc) is 3.05. The van der Waals surface area contributed by atoms with Gasteiger partial charge in [0, 0.05) is 40.8 Å². The highest BCUT2D eigenvalue weighted by atomic mass is 16.5. The molecule has 3 N–H and O–H groups in total. The number of carbonyl (C=O) groups excluding carboxylic acids is 1. The molecular formula is C21H23N3O3. The quantitative estimate of drug-likeness (QED) is 0.657. The van der Waals surface area contributed by atoms with Crippen LogP contribution in [0, 0.1) is 0 Å². The number of para-hydroxylation sites is 1. The maximum atomic E-state index is 12.4. The third-order valence-corrected chi connectivity index (χ3v) is 5.07. The number of hydrogen-bond acceptors (Lipinski definition) is 3. The number of anilines is 1. The molecule has 1 unspecified atom stereocenters. The minimum absolute atomic E-state index is 0.103. The molecule has 1 atom stereocenters. The van der Waals surface area contributed by atoms with Crippen molar-refractivity contribution in [3.63, 3.8) is 0 Å². The first-order chi connectivity index (χ1) is 13.2. The number of aryl methyl sites for hydroxylation is 1.